The maximum atomic E-state index is 12.0. The highest BCUT2D eigenvalue weighted by Crippen LogP contribution is 2.14. The first-order valence-corrected chi connectivity index (χ1v) is 7.38. The van der Waals surface area contributed by atoms with Crippen LogP contribution in [0.2, 0.25) is 5.15 Å². The van der Waals surface area contributed by atoms with E-state index in [1.807, 2.05) is 0 Å². The standard InChI is InChI=1S/C13H12ClN3O3S/c1-2-9(11(18)17-13-16-5-6-21-13)20-12(19)8-3-4-15-10(14)7-8/h3-7,9H,2H2,1H3,(H,16,17,18). The molecule has 0 aromatic carbocycles. The van der Waals surface area contributed by atoms with Crippen LogP contribution in [0.1, 0.15) is 23.7 Å². The fourth-order valence-corrected chi connectivity index (χ4v) is 2.23. The van der Waals surface area contributed by atoms with Gasteiger partial charge in [-0.3, -0.25) is 10.1 Å². The molecule has 0 saturated carbocycles. The second kappa shape index (κ2) is 7.14. The number of carbonyl (C=O) groups is 2. The van der Waals surface area contributed by atoms with Gasteiger partial charge >= 0.3 is 5.97 Å². The Morgan fingerprint density at radius 2 is 2.24 bits per heavy atom. The SMILES string of the molecule is CCC(OC(=O)c1ccnc(Cl)c1)C(=O)Nc1nccs1. The van der Waals surface area contributed by atoms with Crippen LogP contribution in [0.15, 0.2) is 29.9 Å². The average Bonchev–Trinajstić information content (AvgIpc) is 2.97. The minimum absolute atomic E-state index is 0.185. The van der Waals surface area contributed by atoms with Crippen LogP contribution in [0.4, 0.5) is 5.13 Å². The second-order valence-corrected chi connectivity index (χ2v) is 5.28. The summed E-state index contributed by atoms with van der Waals surface area (Å²) >= 11 is 7.00. The number of amides is 1. The molecule has 110 valence electrons. The third-order valence-electron chi connectivity index (χ3n) is 2.54. The van der Waals surface area contributed by atoms with Crippen molar-refractivity contribution < 1.29 is 14.3 Å². The summed E-state index contributed by atoms with van der Waals surface area (Å²) in [6.45, 7) is 1.75. The van der Waals surface area contributed by atoms with E-state index in [1.54, 1.807) is 18.5 Å². The number of anilines is 1. The summed E-state index contributed by atoms with van der Waals surface area (Å²) in [4.78, 5) is 31.7. The van der Waals surface area contributed by atoms with Gasteiger partial charge in [-0.25, -0.2) is 14.8 Å². The molecule has 2 aromatic heterocycles. The number of aromatic nitrogens is 2. The van der Waals surface area contributed by atoms with Crippen molar-refractivity contribution in [1.82, 2.24) is 9.97 Å². The molecule has 6 nitrogen and oxygen atoms in total. The fourth-order valence-electron chi connectivity index (χ4n) is 1.52. The molecule has 1 atom stereocenters. The third kappa shape index (κ3) is 4.24. The Bertz CT molecular complexity index is 633. The number of thiazole rings is 1. The normalized spacial score (nSPS) is 11.7. The van der Waals surface area contributed by atoms with Crippen LogP contribution in [0, 0.1) is 0 Å². The smallest absolute Gasteiger partial charge is 0.339 e. The van der Waals surface area contributed by atoms with Crippen LogP contribution >= 0.6 is 22.9 Å². The first-order valence-electron chi connectivity index (χ1n) is 6.13. The predicted octanol–water partition coefficient (Wildman–Crippen LogP) is 2.77. The Morgan fingerprint density at radius 1 is 1.43 bits per heavy atom. The highest BCUT2D eigenvalue weighted by Gasteiger charge is 2.22. The lowest BCUT2D eigenvalue weighted by molar-refractivity contribution is -0.124. The zero-order chi connectivity index (χ0) is 15.2. The number of hydrogen-bond donors (Lipinski definition) is 1. The topological polar surface area (TPSA) is 81.2 Å². The summed E-state index contributed by atoms with van der Waals surface area (Å²) in [5.74, 6) is -1.04. The van der Waals surface area contributed by atoms with Gasteiger partial charge in [-0.2, -0.15) is 0 Å². The van der Waals surface area contributed by atoms with Crippen molar-refractivity contribution in [2.24, 2.45) is 0 Å². The van der Waals surface area contributed by atoms with Crippen molar-refractivity contribution in [1.29, 1.82) is 0 Å². The largest absolute Gasteiger partial charge is 0.449 e. The van der Waals surface area contributed by atoms with Crippen molar-refractivity contribution in [3.8, 4) is 0 Å². The Morgan fingerprint density at radius 3 is 2.86 bits per heavy atom. The van der Waals surface area contributed by atoms with Gasteiger partial charge in [-0.05, 0) is 18.6 Å². The van der Waals surface area contributed by atoms with Crippen molar-refractivity contribution in [2.75, 3.05) is 5.32 Å². The summed E-state index contributed by atoms with van der Waals surface area (Å²) in [7, 11) is 0. The summed E-state index contributed by atoms with van der Waals surface area (Å²) in [6, 6.07) is 2.86. The Hall–Kier alpha value is -1.99. The molecule has 2 aromatic rings. The summed E-state index contributed by atoms with van der Waals surface area (Å²) in [5.41, 5.74) is 0.246. The first kappa shape index (κ1) is 15.4. The average molecular weight is 326 g/mol. The number of rotatable bonds is 5. The number of esters is 1. The molecule has 0 fully saturated rings. The Kier molecular flexibility index (Phi) is 5.24. The van der Waals surface area contributed by atoms with Crippen LogP contribution in [-0.2, 0) is 9.53 Å². The van der Waals surface area contributed by atoms with E-state index in [-0.39, 0.29) is 10.7 Å². The van der Waals surface area contributed by atoms with Gasteiger partial charge in [-0.15, -0.1) is 11.3 Å². The molecule has 0 aliphatic heterocycles. The molecule has 2 heterocycles. The van der Waals surface area contributed by atoms with E-state index in [0.717, 1.165) is 0 Å². The highest BCUT2D eigenvalue weighted by molar-refractivity contribution is 7.13. The van der Waals surface area contributed by atoms with E-state index in [1.165, 1.54) is 29.7 Å². The molecule has 0 aliphatic rings. The number of nitrogens with zero attached hydrogens (tertiary/aromatic N) is 2. The summed E-state index contributed by atoms with van der Waals surface area (Å²) in [6.07, 6.45) is 2.43. The van der Waals surface area contributed by atoms with Gasteiger partial charge in [0.15, 0.2) is 11.2 Å². The van der Waals surface area contributed by atoms with Crippen LogP contribution in [0.25, 0.3) is 0 Å². The Labute approximate surface area is 130 Å². The number of hydrogen-bond acceptors (Lipinski definition) is 6. The van der Waals surface area contributed by atoms with Crippen LogP contribution in [0.5, 0.6) is 0 Å². The molecule has 1 unspecified atom stereocenters. The number of carbonyl (C=O) groups excluding carboxylic acids is 2. The van der Waals surface area contributed by atoms with Gasteiger partial charge in [-0.1, -0.05) is 18.5 Å². The number of nitrogens with one attached hydrogen (secondary N) is 1. The molecule has 1 N–H and O–H groups in total. The van der Waals surface area contributed by atoms with E-state index in [2.05, 4.69) is 15.3 Å². The lowest BCUT2D eigenvalue weighted by Crippen LogP contribution is -2.32. The minimum Gasteiger partial charge on any atom is -0.449 e. The molecule has 8 heteroatoms. The molecule has 0 radical (unpaired) electrons. The molecule has 1 amide bonds. The van der Waals surface area contributed by atoms with Crippen molar-refractivity contribution in [2.45, 2.75) is 19.4 Å². The first-order chi connectivity index (χ1) is 10.1. The lowest BCUT2D eigenvalue weighted by atomic mass is 10.2. The van der Waals surface area contributed by atoms with Gasteiger partial charge in [0.05, 0.1) is 5.56 Å². The molecule has 0 aliphatic carbocycles. The van der Waals surface area contributed by atoms with E-state index < -0.39 is 18.0 Å². The molecule has 0 saturated heterocycles. The Balaban J connectivity index is 2.01. The molecule has 2 rings (SSSR count). The molecule has 21 heavy (non-hydrogen) atoms. The third-order valence-corrected chi connectivity index (χ3v) is 3.43. The number of ether oxygens (including phenoxy) is 1. The van der Waals surface area contributed by atoms with E-state index in [0.29, 0.717) is 11.6 Å². The van der Waals surface area contributed by atoms with Crippen LogP contribution in [-0.4, -0.2) is 27.9 Å². The van der Waals surface area contributed by atoms with Gasteiger partial charge in [0, 0.05) is 17.8 Å². The van der Waals surface area contributed by atoms with Crippen molar-refractivity contribution in [3.63, 3.8) is 0 Å². The fraction of sp³-hybridized carbons (Fsp3) is 0.231. The van der Waals surface area contributed by atoms with Gasteiger partial charge in [0.1, 0.15) is 5.15 Å². The molecule has 0 spiro atoms. The number of halogens is 1. The van der Waals surface area contributed by atoms with E-state index in [4.69, 9.17) is 16.3 Å². The summed E-state index contributed by atoms with van der Waals surface area (Å²) in [5, 5.41) is 4.98. The molecule has 0 bridgehead atoms. The maximum absolute atomic E-state index is 12.0. The quantitative estimate of drug-likeness (QED) is 0.675. The van der Waals surface area contributed by atoms with Gasteiger partial charge in [0.2, 0.25) is 0 Å². The van der Waals surface area contributed by atoms with Crippen LogP contribution in [0.3, 0.4) is 0 Å². The predicted molar refractivity (Wildman–Crippen MR) is 79.5 cm³/mol. The monoisotopic (exact) mass is 325 g/mol. The van der Waals surface area contributed by atoms with Crippen LogP contribution < -0.4 is 5.32 Å². The highest BCUT2D eigenvalue weighted by atomic mass is 35.5. The summed E-state index contributed by atoms with van der Waals surface area (Å²) < 4.78 is 5.19. The number of pyridine rings is 1. The van der Waals surface area contributed by atoms with Crippen molar-refractivity contribution in [3.05, 3.63) is 40.6 Å². The minimum atomic E-state index is -0.895. The lowest BCUT2D eigenvalue weighted by Gasteiger charge is -2.15. The maximum Gasteiger partial charge on any atom is 0.339 e. The molecular formula is C13H12ClN3O3S. The van der Waals surface area contributed by atoms with Gasteiger partial charge < -0.3 is 4.74 Å². The van der Waals surface area contributed by atoms with E-state index in [9.17, 15) is 9.59 Å². The van der Waals surface area contributed by atoms with Crippen molar-refractivity contribution >= 4 is 39.9 Å². The zero-order valence-electron chi connectivity index (χ0n) is 11.1. The zero-order valence-corrected chi connectivity index (χ0v) is 12.6. The second-order valence-electron chi connectivity index (χ2n) is 4.00. The van der Waals surface area contributed by atoms with Gasteiger partial charge in [0.25, 0.3) is 5.91 Å². The van der Waals surface area contributed by atoms with E-state index >= 15 is 0 Å². The molecular weight excluding hydrogens is 314 g/mol.